The first kappa shape index (κ1) is 13.1. The SMILES string of the molecule is Cc1cc(C)c(NC(=O)C=Cc2ccco2)c(C)c1. The number of benzene rings is 1. The highest BCUT2D eigenvalue weighted by atomic mass is 16.3. The number of hydrogen-bond donors (Lipinski definition) is 1. The zero-order chi connectivity index (χ0) is 13.8. The molecule has 0 spiro atoms. The number of nitrogens with one attached hydrogen (secondary N) is 1. The van der Waals surface area contributed by atoms with Gasteiger partial charge in [-0.3, -0.25) is 4.79 Å². The van der Waals surface area contributed by atoms with Gasteiger partial charge in [0, 0.05) is 11.8 Å². The summed E-state index contributed by atoms with van der Waals surface area (Å²) >= 11 is 0. The third-order valence-corrected chi connectivity index (χ3v) is 2.87. The van der Waals surface area contributed by atoms with Crippen LogP contribution in [0.4, 0.5) is 5.69 Å². The van der Waals surface area contributed by atoms with Crippen LogP contribution in [-0.4, -0.2) is 5.91 Å². The van der Waals surface area contributed by atoms with Crippen molar-refractivity contribution in [2.24, 2.45) is 0 Å². The number of rotatable bonds is 3. The first-order valence-corrected chi connectivity index (χ1v) is 6.16. The van der Waals surface area contributed by atoms with Gasteiger partial charge in [-0.2, -0.15) is 0 Å². The number of carbonyl (C=O) groups excluding carboxylic acids is 1. The summed E-state index contributed by atoms with van der Waals surface area (Å²) in [6.07, 6.45) is 4.69. The topological polar surface area (TPSA) is 42.2 Å². The highest BCUT2D eigenvalue weighted by molar-refractivity contribution is 6.02. The Kier molecular flexibility index (Phi) is 3.85. The third-order valence-electron chi connectivity index (χ3n) is 2.87. The molecular formula is C16H17NO2. The van der Waals surface area contributed by atoms with E-state index in [-0.39, 0.29) is 5.91 Å². The van der Waals surface area contributed by atoms with Crippen molar-refractivity contribution in [3.8, 4) is 0 Å². The van der Waals surface area contributed by atoms with E-state index in [4.69, 9.17) is 4.42 Å². The molecule has 0 aliphatic carbocycles. The van der Waals surface area contributed by atoms with E-state index in [1.54, 1.807) is 24.5 Å². The molecule has 0 saturated heterocycles. The van der Waals surface area contributed by atoms with Crippen molar-refractivity contribution in [2.45, 2.75) is 20.8 Å². The van der Waals surface area contributed by atoms with Gasteiger partial charge in [0.15, 0.2) is 0 Å². The van der Waals surface area contributed by atoms with Crippen molar-refractivity contribution in [2.75, 3.05) is 5.32 Å². The van der Waals surface area contributed by atoms with E-state index >= 15 is 0 Å². The molecule has 0 saturated carbocycles. The largest absolute Gasteiger partial charge is 0.465 e. The second-order valence-corrected chi connectivity index (χ2v) is 4.61. The van der Waals surface area contributed by atoms with Crippen LogP contribution in [-0.2, 0) is 4.79 Å². The monoisotopic (exact) mass is 255 g/mol. The van der Waals surface area contributed by atoms with E-state index in [1.165, 1.54) is 11.6 Å². The van der Waals surface area contributed by atoms with E-state index in [9.17, 15) is 4.79 Å². The Balaban J connectivity index is 2.11. The summed E-state index contributed by atoms with van der Waals surface area (Å²) in [5.74, 6) is 0.499. The second-order valence-electron chi connectivity index (χ2n) is 4.61. The molecule has 1 aromatic carbocycles. The van der Waals surface area contributed by atoms with E-state index in [2.05, 4.69) is 17.4 Å². The molecule has 3 heteroatoms. The minimum Gasteiger partial charge on any atom is -0.465 e. The van der Waals surface area contributed by atoms with Gasteiger partial charge in [-0.15, -0.1) is 0 Å². The highest BCUT2D eigenvalue weighted by Gasteiger charge is 2.06. The van der Waals surface area contributed by atoms with Crippen LogP contribution in [0.3, 0.4) is 0 Å². The molecule has 0 fully saturated rings. The molecule has 0 bridgehead atoms. The zero-order valence-electron chi connectivity index (χ0n) is 11.4. The Morgan fingerprint density at radius 1 is 1.21 bits per heavy atom. The van der Waals surface area contributed by atoms with Gasteiger partial charge in [0.1, 0.15) is 5.76 Å². The van der Waals surface area contributed by atoms with E-state index < -0.39 is 0 Å². The lowest BCUT2D eigenvalue weighted by atomic mass is 10.1. The molecule has 0 aliphatic heterocycles. The van der Waals surface area contributed by atoms with Crippen LogP contribution in [0.1, 0.15) is 22.5 Å². The van der Waals surface area contributed by atoms with E-state index in [1.807, 2.05) is 20.8 Å². The average Bonchev–Trinajstić information content (AvgIpc) is 2.84. The number of aryl methyl sites for hydroxylation is 3. The molecule has 0 aliphatic rings. The fourth-order valence-electron chi connectivity index (χ4n) is 2.09. The number of hydrogen-bond acceptors (Lipinski definition) is 2. The molecule has 1 N–H and O–H groups in total. The minimum atomic E-state index is -0.161. The maximum atomic E-state index is 11.9. The summed E-state index contributed by atoms with van der Waals surface area (Å²) in [5.41, 5.74) is 4.20. The second kappa shape index (κ2) is 5.57. The van der Waals surface area contributed by atoms with Crippen molar-refractivity contribution >= 4 is 17.7 Å². The molecule has 2 rings (SSSR count). The van der Waals surface area contributed by atoms with Gasteiger partial charge in [-0.25, -0.2) is 0 Å². The summed E-state index contributed by atoms with van der Waals surface area (Å²) < 4.78 is 5.13. The van der Waals surface area contributed by atoms with Crippen LogP contribution in [0.25, 0.3) is 6.08 Å². The molecule has 0 atom stereocenters. The van der Waals surface area contributed by atoms with Gasteiger partial charge in [0.05, 0.1) is 6.26 Å². The normalized spacial score (nSPS) is 10.9. The van der Waals surface area contributed by atoms with Gasteiger partial charge in [0.2, 0.25) is 5.91 Å². The molecular weight excluding hydrogens is 238 g/mol. The Hall–Kier alpha value is -2.29. The Labute approximate surface area is 112 Å². The summed E-state index contributed by atoms with van der Waals surface area (Å²) in [4.78, 5) is 11.9. The lowest BCUT2D eigenvalue weighted by Crippen LogP contribution is -2.10. The summed E-state index contributed by atoms with van der Waals surface area (Å²) in [6, 6.07) is 7.69. The minimum absolute atomic E-state index is 0.161. The maximum Gasteiger partial charge on any atom is 0.248 e. The first-order valence-electron chi connectivity index (χ1n) is 6.16. The zero-order valence-corrected chi connectivity index (χ0v) is 11.4. The molecule has 1 heterocycles. The van der Waals surface area contributed by atoms with Gasteiger partial charge in [-0.05, 0) is 50.1 Å². The fraction of sp³-hybridized carbons (Fsp3) is 0.188. The molecule has 0 unspecified atom stereocenters. The summed E-state index contributed by atoms with van der Waals surface area (Å²) in [6.45, 7) is 6.03. The Morgan fingerprint density at radius 2 is 1.89 bits per heavy atom. The average molecular weight is 255 g/mol. The number of carbonyl (C=O) groups is 1. The van der Waals surface area contributed by atoms with Crippen molar-refractivity contribution in [1.82, 2.24) is 0 Å². The van der Waals surface area contributed by atoms with Gasteiger partial charge >= 0.3 is 0 Å². The van der Waals surface area contributed by atoms with Crippen LogP contribution in [0, 0.1) is 20.8 Å². The lowest BCUT2D eigenvalue weighted by Gasteiger charge is -2.11. The van der Waals surface area contributed by atoms with Crippen LogP contribution < -0.4 is 5.32 Å². The van der Waals surface area contributed by atoms with E-state index in [0.717, 1.165) is 16.8 Å². The predicted molar refractivity (Wildman–Crippen MR) is 77.0 cm³/mol. The van der Waals surface area contributed by atoms with Crippen LogP contribution in [0.5, 0.6) is 0 Å². The third kappa shape index (κ3) is 3.35. The highest BCUT2D eigenvalue weighted by Crippen LogP contribution is 2.21. The smallest absolute Gasteiger partial charge is 0.248 e. The maximum absolute atomic E-state index is 11.9. The van der Waals surface area contributed by atoms with E-state index in [0.29, 0.717) is 5.76 Å². The lowest BCUT2D eigenvalue weighted by molar-refractivity contribution is -0.111. The van der Waals surface area contributed by atoms with Crippen LogP contribution in [0.2, 0.25) is 0 Å². The number of furan rings is 1. The Bertz CT molecular complexity index is 587. The van der Waals surface area contributed by atoms with Crippen molar-refractivity contribution in [3.05, 3.63) is 59.1 Å². The molecule has 0 radical (unpaired) electrons. The van der Waals surface area contributed by atoms with Crippen LogP contribution >= 0.6 is 0 Å². The molecule has 19 heavy (non-hydrogen) atoms. The van der Waals surface area contributed by atoms with Crippen LogP contribution in [0.15, 0.2) is 41.0 Å². The molecule has 2 aromatic rings. The predicted octanol–water partition coefficient (Wildman–Crippen LogP) is 3.86. The van der Waals surface area contributed by atoms with Crippen molar-refractivity contribution < 1.29 is 9.21 Å². The summed E-state index contributed by atoms with van der Waals surface area (Å²) in [7, 11) is 0. The van der Waals surface area contributed by atoms with Crippen molar-refractivity contribution in [1.29, 1.82) is 0 Å². The Morgan fingerprint density at radius 3 is 2.47 bits per heavy atom. The quantitative estimate of drug-likeness (QED) is 0.846. The molecule has 3 nitrogen and oxygen atoms in total. The van der Waals surface area contributed by atoms with Gasteiger partial charge < -0.3 is 9.73 Å². The number of amides is 1. The van der Waals surface area contributed by atoms with Crippen molar-refractivity contribution in [3.63, 3.8) is 0 Å². The molecule has 98 valence electrons. The van der Waals surface area contributed by atoms with Gasteiger partial charge in [-0.1, -0.05) is 17.7 Å². The molecule has 1 aromatic heterocycles. The number of anilines is 1. The fourth-order valence-corrected chi connectivity index (χ4v) is 2.09. The molecule has 1 amide bonds. The van der Waals surface area contributed by atoms with Gasteiger partial charge in [0.25, 0.3) is 0 Å². The summed E-state index contributed by atoms with van der Waals surface area (Å²) in [5, 5.41) is 2.90. The standard InChI is InChI=1S/C16H17NO2/c1-11-9-12(2)16(13(3)10-11)17-15(18)7-6-14-5-4-8-19-14/h4-10H,1-3H3,(H,17,18). The first-order chi connectivity index (χ1) is 9.06.